The Morgan fingerprint density at radius 3 is 2.70 bits per heavy atom. The second-order valence-electron chi connectivity index (χ2n) is 4.78. The number of rotatable bonds is 3. The summed E-state index contributed by atoms with van der Waals surface area (Å²) in [5.41, 5.74) is 9.58. The summed E-state index contributed by atoms with van der Waals surface area (Å²) in [5.74, 6) is 0.880. The lowest BCUT2D eigenvalue weighted by atomic mass is 10.2. The van der Waals surface area contributed by atoms with Crippen LogP contribution in [-0.2, 0) is 6.54 Å². The molecule has 0 aliphatic rings. The molecule has 0 atom stereocenters. The first-order chi connectivity index (χ1) is 9.72. The second kappa shape index (κ2) is 5.17. The van der Waals surface area contributed by atoms with Crippen LogP contribution in [0, 0.1) is 0 Å². The van der Waals surface area contributed by atoms with Crippen LogP contribution >= 0.6 is 11.6 Å². The molecule has 0 aliphatic carbocycles. The lowest BCUT2D eigenvalue weighted by molar-refractivity contribution is 0.704. The van der Waals surface area contributed by atoms with E-state index in [4.69, 9.17) is 22.3 Å². The van der Waals surface area contributed by atoms with Gasteiger partial charge in [-0.25, -0.2) is 4.98 Å². The van der Waals surface area contributed by atoms with Gasteiger partial charge in [-0.05, 0) is 30.7 Å². The SMILES string of the molecule is CCCn1c(-c2ccccc2Cl)nc2c(N)cccc21. The van der Waals surface area contributed by atoms with Gasteiger partial charge in [-0.2, -0.15) is 0 Å². The van der Waals surface area contributed by atoms with Gasteiger partial charge in [0.25, 0.3) is 0 Å². The maximum Gasteiger partial charge on any atom is 0.142 e. The Labute approximate surface area is 123 Å². The van der Waals surface area contributed by atoms with Crippen LogP contribution < -0.4 is 5.73 Å². The quantitative estimate of drug-likeness (QED) is 0.727. The number of aromatic nitrogens is 2. The molecule has 0 spiro atoms. The molecule has 3 aromatic rings. The Balaban J connectivity index is 2.32. The number of hydrogen-bond acceptors (Lipinski definition) is 2. The maximum atomic E-state index is 6.31. The first kappa shape index (κ1) is 13.0. The zero-order valence-corrected chi connectivity index (χ0v) is 12.1. The minimum Gasteiger partial charge on any atom is -0.397 e. The van der Waals surface area contributed by atoms with Crippen molar-refractivity contribution in [2.75, 3.05) is 5.73 Å². The average molecular weight is 286 g/mol. The van der Waals surface area contributed by atoms with E-state index in [9.17, 15) is 0 Å². The third-order valence-electron chi connectivity index (χ3n) is 3.37. The number of imidazole rings is 1. The predicted octanol–water partition coefficient (Wildman–Crippen LogP) is 4.35. The highest BCUT2D eigenvalue weighted by Gasteiger charge is 2.15. The predicted molar refractivity (Wildman–Crippen MR) is 84.9 cm³/mol. The number of halogens is 1. The van der Waals surface area contributed by atoms with Gasteiger partial charge in [-0.3, -0.25) is 0 Å². The normalized spacial score (nSPS) is 11.1. The molecule has 20 heavy (non-hydrogen) atoms. The van der Waals surface area contributed by atoms with Crippen LogP contribution in [0.4, 0.5) is 5.69 Å². The van der Waals surface area contributed by atoms with Crippen molar-refractivity contribution in [3.05, 3.63) is 47.5 Å². The number of nitrogens with two attached hydrogens (primary N) is 1. The smallest absolute Gasteiger partial charge is 0.142 e. The van der Waals surface area contributed by atoms with Crippen LogP contribution in [0.1, 0.15) is 13.3 Å². The second-order valence-corrected chi connectivity index (χ2v) is 5.19. The fourth-order valence-corrected chi connectivity index (χ4v) is 2.69. The largest absolute Gasteiger partial charge is 0.397 e. The lowest BCUT2D eigenvalue weighted by Crippen LogP contribution is -2.00. The summed E-state index contributed by atoms with van der Waals surface area (Å²) in [5, 5.41) is 0.707. The van der Waals surface area contributed by atoms with Crippen molar-refractivity contribution >= 4 is 28.3 Å². The van der Waals surface area contributed by atoms with Gasteiger partial charge in [0.1, 0.15) is 11.3 Å². The van der Waals surface area contributed by atoms with Gasteiger partial charge in [-0.15, -0.1) is 0 Å². The van der Waals surface area contributed by atoms with Gasteiger partial charge < -0.3 is 10.3 Å². The number of fused-ring (bicyclic) bond motifs is 1. The molecule has 0 aliphatic heterocycles. The van der Waals surface area contributed by atoms with Gasteiger partial charge in [0.15, 0.2) is 0 Å². The van der Waals surface area contributed by atoms with Crippen LogP contribution in [0.15, 0.2) is 42.5 Å². The zero-order chi connectivity index (χ0) is 14.1. The summed E-state index contributed by atoms with van der Waals surface area (Å²) in [7, 11) is 0. The molecule has 1 heterocycles. The van der Waals surface area contributed by atoms with Gasteiger partial charge in [0.2, 0.25) is 0 Å². The van der Waals surface area contributed by atoms with E-state index in [1.807, 2.05) is 36.4 Å². The van der Waals surface area contributed by atoms with Crippen LogP contribution in [0.5, 0.6) is 0 Å². The van der Waals surface area contributed by atoms with E-state index in [0.717, 1.165) is 35.4 Å². The van der Waals surface area contributed by atoms with E-state index in [2.05, 4.69) is 17.6 Å². The van der Waals surface area contributed by atoms with E-state index in [1.165, 1.54) is 0 Å². The molecule has 0 bridgehead atoms. The van der Waals surface area contributed by atoms with E-state index in [-0.39, 0.29) is 0 Å². The monoisotopic (exact) mass is 285 g/mol. The molecule has 0 saturated heterocycles. The standard InChI is InChI=1S/C16H16ClN3/c1-2-10-20-14-9-5-8-13(18)15(14)19-16(20)11-6-3-4-7-12(11)17/h3-9H,2,10,18H2,1H3. The van der Waals surface area contributed by atoms with Crippen molar-refractivity contribution in [3.63, 3.8) is 0 Å². The summed E-state index contributed by atoms with van der Waals surface area (Å²) in [4.78, 5) is 4.72. The van der Waals surface area contributed by atoms with Crippen LogP contribution in [-0.4, -0.2) is 9.55 Å². The molecule has 0 fully saturated rings. The number of benzene rings is 2. The summed E-state index contributed by atoms with van der Waals surface area (Å²) in [6.45, 7) is 3.04. The Kier molecular flexibility index (Phi) is 3.36. The Bertz CT molecular complexity index is 762. The van der Waals surface area contributed by atoms with Crippen molar-refractivity contribution in [2.24, 2.45) is 0 Å². The number of nitrogen functional groups attached to an aromatic ring is 1. The fourth-order valence-electron chi connectivity index (χ4n) is 2.47. The van der Waals surface area contributed by atoms with Gasteiger partial charge in [0, 0.05) is 12.1 Å². The van der Waals surface area contributed by atoms with E-state index in [1.54, 1.807) is 0 Å². The highest BCUT2D eigenvalue weighted by Crippen LogP contribution is 2.32. The van der Waals surface area contributed by atoms with Crippen molar-refractivity contribution in [1.29, 1.82) is 0 Å². The van der Waals surface area contributed by atoms with Crippen LogP contribution in [0.25, 0.3) is 22.4 Å². The Morgan fingerprint density at radius 1 is 1.15 bits per heavy atom. The lowest BCUT2D eigenvalue weighted by Gasteiger charge is -2.08. The van der Waals surface area contributed by atoms with Gasteiger partial charge in [0.05, 0.1) is 16.2 Å². The molecule has 0 saturated carbocycles. The number of aryl methyl sites for hydroxylation is 1. The Morgan fingerprint density at radius 2 is 1.95 bits per heavy atom. The third-order valence-corrected chi connectivity index (χ3v) is 3.70. The first-order valence-electron chi connectivity index (χ1n) is 6.72. The summed E-state index contributed by atoms with van der Waals surface area (Å²) in [6.07, 6.45) is 1.03. The third kappa shape index (κ3) is 2.04. The highest BCUT2D eigenvalue weighted by atomic mass is 35.5. The minimum absolute atomic E-state index is 0.700. The van der Waals surface area contributed by atoms with E-state index in [0.29, 0.717) is 10.7 Å². The van der Waals surface area contributed by atoms with Crippen molar-refractivity contribution in [1.82, 2.24) is 9.55 Å². The van der Waals surface area contributed by atoms with Crippen molar-refractivity contribution < 1.29 is 0 Å². The molecule has 0 amide bonds. The number of hydrogen-bond donors (Lipinski definition) is 1. The highest BCUT2D eigenvalue weighted by molar-refractivity contribution is 6.33. The molecular weight excluding hydrogens is 270 g/mol. The van der Waals surface area contributed by atoms with Gasteiger partial charge >= 0.3 is 0 Å². The maximum absolute atomic E-state index is 6.31. The first-order valence-corrected chi connectivity index (χ1v) is 7.09. The molecule has 0 radical (unpaired) electrons. The molecule has 3 rings (SSSR count). The molecule has 1 aromatic heterocycles. The van der Waals surface area contributed by atoms with Crippen LogP contribution in [0.2, 0.25) is 5.02 Å². The van der Waals surface area contributed by atoms with E-state index >= 15 is 0 Å². The summed E-state index contributed by atoms with van der Waals surface area (Å²) in [6, 6.07) is 13.7. The minimum atomic E-state index is 0.700. The number of para-hydroxylation sites is 1. The van der Waals surface area contributed by atoms with Crippen molar-refractivity contribution in [3.8, 4) is 11.4 Å². The van der Waals surface area contributed by atoms with Crippen molar-refractivity contribution in [2.45, 2.75) is 19.9 Å². The molecule has 0 unspecified atom stereocenters. The number of nitrogens with zero attached hydrogens (tertiary/aromatic N) is 2. The van der Waals surface area contributed by atoms with Gasteiger partial charge in [-0.1, -0.05) is 36.7 Å². The molecule has 4 heteroatoms. The number of anilines is 1. The average Bonchev–Trinajstić information content (AvgIpc) is 2.80. The molecule has 3 nitrogen and oxygen atoms in total. The fraction of sp³-hybridized carbons (Fsp3) is 0.188. The molecule has 102 valence electrons. The zero-order valence-electron chi connectivity index (χ0n) is 11.3. The molecular formula is C16H16ClN3. The van der Waals surface area contributed by atoms with Crippen LogP contribution in [0.3, 0.4) is 0 Å². The summed E-state index contributed by atoms with van der Waals surface area (Å²) >= 11 is 6.31. The van der Waals surface area contributed by atoms with E-state index < -0.39 is 0 Å². The summed E-state index contributed by atoms with van der Waals surface area (Å²) < 4.78 is 2.19. The Hall–Kier alpha value is -2.00. The topological polar surface area (TPSA) is 43.8 Å². The molecule has 2 aromatic carbocycles. The molecule has 2 N–H and O–H groups in total.